The molecule has 1 heterocycles. The first-order chi connectivity index (χ1) is 5.00. The van der Waals surface area contributed by atoms with E-state index in [0.29, 0.717) is 4.60 Å². The molecule has 2 nitrogen and oxygen atoms in total. The van der Waals surface area contributed by atoms with E-state index in [-0.39, 0.29) is 5.56 Å². The average molecular weight is 223 g/mol. The van der Waals surface area contributed by atoms with Gasteiger partial charge >= 0.3 is 6.05 Å². The Morgan fingerprint density at radius 3 is 2.55 bits per heavy atom. The van der Waals surface area contributed by atoms with Crippen LogP contribution in [0.4, 0.5) is 8.78 Å². The highest BCUT2D eigenvalue weighted by Gasteiger charge is 2.24. The van der Waals surface area contributed by atoms with Crippen molar-refractivity contribution in [1.29, 1.82) is 0 Å². The van der Waals surface area contributed by atoms with Gasteiger partial charge < -0.3 is 0 Å². The lowest BCUT2D eigenvalue weighted by atomic mass is 10.2. The van der Waals surface area contributed by atoms with Crippen molar-refractivity contribution in [1.82, 2.24) is 4.98 Å². The van der Waals surface area contributed by atoms with Gasteiger partial charge in [0.1, 0.15) is 4.60 Å². The molecule has 1 aromatic rings. The van der Waals surface area contributed by atoms with E-state index >= 15 is 0 Å². The maximum absolute atomic E-state index is 12.4. The second kappa shape index (κ2) is 2.83. The van der Waals surface area contributed by atoms with Crippen molar-refractivity contribution in [2.24, 2.45) is 5.73 Å². The van der Waals surface area contributed by atoms with E-state index in [0.717, 1.165) is 0 Å². The number of pyridine rings is 1. The van der Waals surface area contributed by atoms with Crippen LogP contribution in [0.3, 0.4) is 0 Å². The summed E-state index contributed by atoms with van der Waals surface area (Å²) in [6.45, 7) is 0. The maximum atomic E-state index is 12.4. The van der Waals surface area contributed by atoms with E-state index in [9.17, 15) is 8.78 Å². The molecule has 1 aromatic heterocycles. The fourth-order valence-corrected chi connectivity index (χ4v) is 0.975. The van der Waals surface area contributed by atoms with Crippen molar-refractivity contribution in [2.45, 2.75) is 6.05 Å². The zero-order valence-corrected chi connectivity index (χ0v) is 6.98. The zero-order valence-electron chi connectivity index (χ0n) is 5.39. The molecule has 0 atom stereocenters. The maximum Gasteiger partial charge on any atom is 0.327 e. The molecule has 0 aliphatic heterocycles. The monoisotopic (exact) mass is 222 g/mol. The first-order valence-electron chi connectivity index (χ1n) is 2.79. The van der Waals surface area contributed by atoms with Gasteiger partial charge in [0.25, 0.3) is 0 Å². The van der Waals surface area contributed by atoms with Gasteiger partial charge in [0.05, 0.1) is 0 Å². The molecule has 0 fully saturated rings. The third kappa shape index (κ3) is 2.20. The van der Waals surface area contributed by atoms with Crippen LogP contribution in [0, 0.1) is 0 Å². The molecule has 0 radical (unpaired) electrons. The van der Waals surface area contributed by atoms with Crippen LogP contribution in [0.25, 0.3) is 0 Å². The Morgan fingerprint density at radius 1 is 1.55 bits per heavy atom. The third-order valence-corrected chi connectivity index (χ3v) is 1.55. The number of halogens is 3. The lowest BCUT2D eigenvalue weighted by molar-refractivity contribution is 0.00283. The molecule has 0 saturated carbocycles. The summed E-state index contributed by atoms with van der Waals surface area (Å²) in [6, 6.07) is -0.934. The van der Waals surface area contributed by atoms with E-state index < -0.39 is 6.05 Å². The molecular formula is C6H5BrF2N2. The summed E-state index contributed by atoms with van der Waals surface area (Å²) >= 11 is 2.95. The number of hydrogen-bond donors (Lipinski definition) is 1. The van der Waals surface area contributed by atoms with E-state index in [1.165, 1.54) is 18.3 Å². The van der Waals surface area contributed by atoms with Gasteiger partial charge in [-0.05, 0) is 28.1 Å². The van der Waals surface area contributed by atoms with Crippen molar-refractivity contribution in [3.05, 3.63) is 28.5 Å². The van der Waals surface area contributed by atoms with Gasteiger partial charge in [0.15, 0.2) is 0 Å². The highest BCUT2D eigenvalue weighted by molar-refractivity contribution is 9.10. The van der Waals surface area contributed by atoms with Gasteiger partial charge in [-0.2, -0.15) is 8.78 Å². The Bertz CT molecular complexity index is 259. The molecule has 2 N–H and O–H groups in total. The molecule has 60 valence electrons. The highest BCUT2D eigenvalue weighted by Crippen LogP contribution is 2.22. The van der Waals surface area contributed by atoms with Crippen LogP contribution in [-0.2, 0) is 6.05 Å². The topological polar surface area (TPSA) is 38.9 Å². The van der Waals surface area contributed by atoms with Crippen LogP contribution in [0.5, 0.6) is 0 Å². The Labute approximate surface area is 70.6 Å². The molecular weight excluding hydrogens is 218 g/mol. The summed E-state index contributed by atoms with van der Waals surface area (Å²) in [5.41, 5.74) is 4.29. The smallest absolute Gasteiger partial charge is 0.268 e. The van der Waals surface area contributed by atoms with Crippen LogP contribution < -0.4 is 5.73 Å². The minimum Gasteiger partial charge on any atom is -0.268 e. The van der Waals surface area contributed by atoms with Crippen molar-refractivity contribution in [3.8, 4) is 0 Å². The standard InChI is InChI=1S/C6H5BrF2N2/c7-5-3-4(1-2-11-5)6(8,9)10/h1-3H,10H2. The predicted octanol–water partition coefficient (Wildman–Crippen LogP) is 1.85. The van der Waals surface area contributed by atoms with Crippen molar-refractivity contribution in [2.75, 3.05) is 0 Å². The van der Waals surface area contributed by atoms with Gasteiger partial charge in [-0.1, -0.05) is 0 Å². The largest absolute Gasteiger partial charge is 0.327 e. The number of aromatic nitrogens is 1. The quantitative estimate of drug-likeness (QED) is 0.582. The number of nitrogens with two attached hydrogens (primary N) is 1. The molecule has 0 bridgehead atoms. The van der Waals surface area contributed by atoms with Gasteiger partial charge in [-0.25, -0.2) is 4.98 Å². The Balaban J connectivity index is 3.06. The van der Waals surface area contributed by atoms with Crippen LogP contribution in [-0.4, -0.2) is 4.98 Å². The zero-order chi connectivity index (χ0) is 8.48. The predicted molar refractivity (Wildman–Crippen MR) is 40.0 cm³/mol. The summed E-state index contributed by atoms with van der Waals surface area (Å²) in [4.78, 5) is 3.68. The van der Waals surface area contributed by atoms with Crippen LogP contribution in [0.1, 0.15) is 5.56 Å². The second-order valence-corrected chi connectivity index (χ2v) is 2.80. The number of nitrogens with zero attached hydrogens (tertiary/aromatic N) is 1. The summed E-state index contributed by atoms with van der Waals surface area (Å²) in [7, 11) is 0. The SMILES string of the molecule is NC(F)(F)c1ccnc(Br)c1. The Morgan fingerprint density at radius 2 is 2.18 bits per heavy atom. The summed E-state index contributed by atoms with van der Waals surface area (Å²) in [5, 5.41) is 0. The number of alkyl halides is 2. The van der Waals surface area contributed by atoms with E-state index in [1.54, 1.807) is 0 Å². The summed E-state index contributed by atoms with van der Waals surface area (Å²) in [5.74, 6) is 0. The molecule has 0 unspecified atom stereocenters. The number of hydrogen-bond acceptors (Lipinski definition) is 2. The van der Waals surface area contributed by atoms with Gasteiger partial charge in [0, 0.05) is 11.8 Å². The van der Waals surface area contributed by atoms with Crippen molar-refractivity contribution < 1.29 is 8.78 Å². The van der Waals surface area contributed by atoms with E-state index in [1.807, 2.05) is 0 Å². The normalized spacial score (nSPS) is 11.6. The third-order valence-electron chi connectivity index (χ3n) is 1.11. The average Bonchev–Trinajstić information content (AvgIpc) is 1.86. The lowest BCUT2D eigenvalue weighted by Crippen LogP contribution is -2.25. The summed E-state index contributed by atoms with van der Waals surface area (Å²) < 4.78 is 25.1. The van der Waals surface area contributed by atoms with Crippen LogP contribution >= 0.6 is 15.9 Å². The second-order valence-electron chi connectivity index (χ2n) is 1.99. The fraction of sp³-hybridized carbons (Fsp3) is 0.167. The number of rotatable bonds is 1. The minimum absolute atomic E-state index is 0.251. The molecule has 0 aromatic carbocycles. The molecule has 0 spiro atoms. The van der Waals surface area contributed by atoms with Crippen LogP contribution in [0.2, 0.25) is 0 Å². The highest BCUT2D eigenvalue weighted by atomic mass is 79.9. The molecule has 1 rings (SSSR count). The summed E-state index contributed by atoms with van der Waals surface area (Å²) in [6.07, 6.45) is 1.26. The lowest BCUT2D eigenvalue weighted by Gasteiger charge is -2.09. The molecule has 0 saturated heterocycles. The van der Waals surface area contributed by atoms with Crippen molar-refractivity contribution in [3.63, 3.8) is 0 Å². The molecule has 0 amide bonds. The van der Waals surface area contributed by atoms with Crippen molar-refractivity contribution >= 4 is 15.9 Å². The first-order valence-corrected chi connectivity index (χ1v) is 3.58. The fourth-order valence-electron chi connectivity index (χ4n) is 0.610. The van der Waals surface area contributed by atoms with Gasteiger partial charge in [-0.3, -0.25) is 5.73 Å². The van der Waals surface area contributed by atoms with E-state index in [2.05, 4.69) is 26.6 Å². The molecule has 5 heteroatoms. The van der Waals surface area contributed by atoms with E-state index in [4.69, 9.17) is 0 Å². The van der Waals surface area contributed by atoms with Gasteiger partial charge in [-0.15, -0.1) is 0 Å². The first kappa shape index (κ1) is 8.55. The Hall–Kier alpha value is -0.550. The molecule has 0 aliphatic carbocycles. The van der Waals surface area contributed by atoms with Gasteiger partial charge in [0.2, 0.25) is 0 Å². The molecule has 11 heavy (non-hydrogen) atoms. The minimum atomic E-state index is -3.29. The Kier molecular flexibility index (Phi) is 2.20. The molecule has 0 aliphatic rings. The van der Waals surface area contributed by atoms with Crippen LogP contribution in [0.15, 0.2) is 22.9 Å².